The first-order valence-corrected chi connectivity index (χ1v) is 5.57. The Morgan fingerprint density at radius 2 is 2.00 bits per heavy atom. The van der Waals surface area contributed by atoms with Crippen LogP contribution in [-0.4, -0.2) is 23.2 Å². The Hall–Kier alpha value is -1.32. The van der Waals surface area contributed by atoms with Crippen molar-refractivity contribution in [2.24, 2.45) is 0 Å². The molecule has 0 aliphatic heterocycles. The third-order valence-electron chi connectivity index (χ3n) is 3.17. The zero-order valence-corrected chi connectivity index (χ0v) is 9.91. The Kier molecular flexibility index (Phi) is 2.99. The van der Waals surface area contributed by atoms with Gasteiger partial charge in [-0.1, -0.05) is 18.2 Å². The molecule has 2 rings (SSSR count). The van der Waals surface area contributed by atoms with Gasteiger partial charge in [-0.15, -0.1) is 0 Å². The highest BCUT2D eigenvalue weighted by Crippen LogP contribution is 2.29. The monoisotopic (exact) mass is 218 g/mol. The van der Waals surface area contributed by atoms with E-state index >= 15 is 0 Å². The van der Waals surface area contributed by atoms with Crippen LogP contribution in [0.1, 0.15) is 24.3 Å². The zero-order valence-electron chi connectivity index (χ0n) is 9.91. The minimum atomic E-state index is -0.485. The van der Waals surface area contributed by atoms with Crippen molar-refractivity contribution in [1.82, 2.24) is 10.3 Å². The van der Waals surface area contributed by atoms with Crippen LogP contribution < -0.4 is 5.32 Å². The third-order valence-corrected chi connectivity index (χ3v) is 3.17. The molecule has 0 spiro atoms. The number of aliphatic hydroxyl groups is 1. The van der Waals surface area contributed by atoms with E-state index in [4.69, 9.17) is 0 Å². The first kappa shape index (κ1) is 11.2. The van der Waals surface area contributed by atoms with Gasteiger partial charge in [-0.2, -0.15) is 0 Å². The van der Waals surface area contributed by atoms with Crippen LogP contribution in [0.3, 0.4) is 0 Å². The minimum absolute atomic E-state index is 0.0397. The summed E-state index contributed by atoms with van der Waals surface area (Å²) in [6.45, 7) is 3.98. The number of aliphatic hydroxyl groups excluding tert-OH is 1. The van der Waals surface area contributed by atoms with Crippen LogP contribution in [0.2, 0.25) is 0 Å². The Balaban J connectivity index is 2.54. The van der Waals surface area contributed by atoms with Gasteiger partial charge in [0.15, 0.2) is 0 Å². The predicted molar refractivity (Wildman–Crippen MR) is 66.5 cm³/mol. The first-order valence-electron chi connectivity index (χ1n) is 5.57. The molecule has 0 radical (unpaired) electrons. The van der Waals surface area contributed by atoms with Gasteiger partial charge in [-0.05, 0) is 27.0 Å². The smallest absolute Gasteiger partial charge is 0.0963 e. The van der Waals surface area contributed by atoms with E-state index in [1.54, 1.807) is 0 Å². The standard InChI is InChI=1S/C13H18N2O/c1-8-12(13(16)9(2)14-3)10-6-4-5-7-11(10)15-8/h4-7,9,13-16H,1-3H3. The summed E-state index contributed by atoms with van der Waals surface area (Å²) in [5.41, 5.74) is 3.12. The lowest BCUT2D eigenvalue weighted by molar-refractivity contribution is 0.141. The van der Waals surface area contributed by atoms with Crippen LogP contribution >= 0.6 is 0 Å². The Bertz CT molecular complexity index is 490. The molecule has 16 heavy (non-hydrogen) atoms. The molecular formula is C13H18N2O. The number of aromatic nitrogens is 1. The van der Waals surface area contributed by atoms with Crippen LogP contribution in [0.5, 0.6) is 0 Å². The number of hydrogen-bond acceptors (Lipinski definition) is 2. The van der Waals surface area contributed by atoms with E-state index < -0.39 is 6.10 Å². The average Bonchev–Trinajstić information content (AvgIpc) is 2.63. The molecule has 3 N–H and O–H groups in total. The van der Waals surface area contributed by atoms with E-state index in [0.29, 0.717) is 0 Å². The van der Waals surface area contributed by atoms with Crippen molar-refractivity contribution >= 4 is 10.9 Å². The molecule has 1 aromatic heterocycles. The maximum atomic E-state index is 10.3. The minimum Gasteiger partial charge on any atom is -0.387 e. The molecule has 1 heterocycles. The summed E-state index contributed by atoms with van der Waals surface area (Å²) in [6.07, 6.45) is -0.485. The molecule has 0 amide bonds. The number of nitrogens with one attached hydrogen (secondary N) is 2. The Morgan fingerprint density at radius 1 is 1.31 bits per heavy atom. The summed E-state index contributed by atoms with van der Waals surface area (Å²) < 4.78 is 0. The fourth-order valence-electron chi connectivity index (χ4n) is 2.09. The SMILES string of the molecule is CNC(C)C(O)c1c(C)[nH]c2ccccc12. The fourth-order valence-corrected chi connectivity index (χ4v) is 2.09. The van der Waals surface area contributed by atoms with E-state index in [9.17, 15) is 5.11 Å². The van der Waals surface area contributed by atoms with Crippen molar-refractivity contribution in [2.75, 3.05) is 7.05 Å². The molecule has 86 valence electrons. The second kappa shape index (κ2) is 4.28. The third kappa shape index (κ3) is 1.72. The summed E-state index contributed by atoms with van der Waals surface area (Å²) in [4.78, 5) is 3.30. The van der Waals surface area contributed by atoms with Gasteiger partial charge in [-0.3, -0.25) is 0 Å². The van der Waals surface area contributed by atoms with Crippen molar-refractivity contribution in [3.8, 4) is 0 Å². The number of rotatable bonds is 3. The highest BCUT2D eigenvalue weighted by molar-refractivity contribution is 5.85. The highest BCUT2D eigenvalue weighted by atomic mass is 16.3. The summed E-state index contributed by atoms with van der Waals surface area (Å²) in [6, 6.07) is 8.10. The quantitative estimate of drug-likeness (QED) is 0.739. The molecule has 3 nitrogen and oxygen atoms in total. The van der Waals surface area contributed by atoms with Gasteiger partial charge in [-0.25, -0.2) is 0 Å². The largest absolute Gasteiger partial charge is 0.387 e. The number of aromatic amines is 1. The maximum absolute atomic E-state index is 10.3. The van der Waals surface area contributed by atoms with Gasteiger partial charge < -0.3 is 15.4 Å². The van der Waals surface area contributed by atoms with E-state index in [1.165, 1.54) is 0 Å². The van der Waals surface area contributed by atoms with Crippen LogP contribution in [0.25, 0.3) is 10.9 Å². The van der Waals surface area contributed by atoms with Crippen LogP contribution in [0.15, 0.2) is 24.3 Å². The van der Waals surface area contributed by atoms with Gasteiger partial charge in [0.25, 0.3) is 0 Å². The van der Waals surface area contributed by atoms with Gasteiger partial charge >= 0.3 is 0 Å². The number of H-pyrrole nitrogens is 1. The van der Waals surface area contributed by atoms with Crippen molar-refractivity contribution in [3.05, 3.63) is 35.5 Å². The number of aryl methyl sites for hydroxylation is 1. The summed E-state index contributed by atoms with van der Waals surface area (Å²) >= 11 is 0. The van der Waals surface area contributed by atoms with Crippen molar-refractivity contribution in [2.45, 2.75) is 26.0 Å². The van der Waals surface area contributed by atoms with E-state index in [2.05, 4.69) is 10.3 Å². The van der Waals surface area contributed by atoms with E-state index in [1.807, 2.05) is 45.2 Å². The molecule has 1 aromatic carbocycles. The summed E-state index contributed by atoms with van der Waals surface area (Å²) in [7, 11) is 1.86. The topological polar surface area (TPSA) is 48.0 Å². The molecular weight excluding hydrogens is 200 g/mol. The predicted octanol–water partition coefficient (Wildman–Crippen LogP) is 2.12. The summed E-state index contributed by atoms with van der Waals surface area (Å²) in [5.74, 6) is 0. The first-order chi connectivity index (χ1) is 7.65. The second-order valence-electron chi connectivity index (χ2n) is 4.23. The Labute approximate surface area is 95.5 Å². The van der Waals surface area contributed by atoms with E-state index in [-0.39, 0.29) is 6.04 Å². The lowest BCUT2D eigenvalue weighted by Gasteiger charge is -2.18. The van der Waals surface area contributed by atoms with Gasteiger partial charge in [0.2, 0.25) is 0 Å². The molecule has 2 atom stereocenters. The maximum Gasteiger partial charge on any atom is 0.0963 e. The van der Waals surface area contributed by atoms with Crippen molar-refractivity contribution < 1.29 is 5.11 Å². The van der Waals surface area contributed by atoms with Crippen molar-refractivity contribution in [1.29, 1.82) is 0 Å². The van der Waals surface area contributed by atoms with Crippen molar-refractivity contribution in [3.63, 3.8) is 0 Å². The summed E-state index contributed by atoms with van der Waals surface area (Å²) in [5, 5.41) is 14.5. The molecule has 0 saturated carbocycles. The number of para-hydroxylation sites is 1. The van der Waals surface area contributed by atoms with Gasteiger partial charge in [0.05, 0.1) is 6.10 Å². The number of benzene rings is 1. The molecule has 0 bridgehead atoms. The van der Waals surface area contributed by atoms with Gasteiger partial charge in [0, 0.05) is 28.2 Å². The number of hydrogen-bond donors (Lipinski definition) is 3. The molecule has 0 saturated heterocycles. The number of likely N-dealkylation sites (N-methyl/N-ethyl adjacent to an activating group) is 1. The Morgan fingerprint density at radius 3 is 2.69 bits per heavy atom. The van der Waals surface area contributed by atoms with Crippen LogP contribution in [0.4, 0.5) is 0 Å². The molecule has 2 aromatic rings. The fraction of sp³-hybridized carbons (Fsp3) is 0.385. The highest BCUT2D eigenvalue weighted by Gasteiger charge is 2.20. The van der Waals surface area contributed by atoms with Gasteiger partial charge in [0.1, 0.15) is 0 Å². The molecule has 2 unspecified atom stereocenters. The molecule has 3 heteroatoms. The lowest BCUT2D eigenvalue weighted by atomic mass is 10.0. The second-order valence-corrected chi connectivity index (χ2v) is 4.23. The zero-order chi connectivity index (χ0) is 11.7. The van der Waals surface area contributed by atoms with E-state index in [0.717, 1.165) is 22.2 Å². The normalized spacial score (nSPS) is 15.2. The van der Waals surface area contributed by atoms with Crippen LogP contribution in [0, 0.1) is 6.92 Å². The molecule has 0 aliphatic carbocycles. The molecule has 0 fully saturated rings. The molecule has 0 aliphatic rings. The number of fused-ring (bicyclic) bond motifs is 1. The lowest BCUT2D eigenvalue weighted by Crippen LogP contribution is -2.28. The van der Waals surface area contributed by atoms with Crippen LogP contribution in [-0.2, 0) is 0 Å². The average molecular weight is 218 g/mol.